The second-order valence-corrected chi connectivity index (χ2v) is 7.44. The maximum Gasteiger partial charge on any atom is 0.251 e. The van der Waals surface area contributed by atoms with E-state index in [0.717, 1.165) is 16.6 Å². The molecule has 10 heteroatoms. The molecule has 1 aromatic carbocycles. The van der Waals surface area contributed by atoms with E-state index in [9.17, 15) is 4.79 Å². The minimum atomic E-state index is -0.200. The Balaban J connectivity index is 1.77. The Morgan fingerprint density at radius 1 is 1.22 bits per heavy atom. The summed E-state index contributed by atoms with van der Waals surface area (Å²) >= 11 is 0. The Kier molecular flexibility index (Phi) is 5.67. The summed E-state index contributed by atoms with van der Waals surface area (Å²) in [5.41, 5.74) is 3.36. The zero-order valence-electron chi connectivity index (χ0n) is 18.6. The predicted octanol–water partition coefficient (Wildman–Crippen LogP) is 3.26. The first-order valence-corrected chi connectivity index (χ1v) is 10.1. The minimum Gasteiger partial charge on any atom is -0.495 e. The number of anilines is 2. The van der Waals surface area contributed by atoms with Gasteiger partial charge in [0, 0.05) is 37.6 Å². The third kappa shape index (κ3) is 4.07. The van der Waals surface area contributed by atoms with Crippen molar-refractivity contribution in [1.82, 2.24) is 30.0 Å². The number of benzene rings is 1. The molecule has 0 saturated heterocycles. The number of nitrogens with zero attached hydrogens (tertiary/aromatic N) is 4. The molecule has 0 fully saturated rings. The first-order valence-electron chi connectivity index (χ1n) is 10.1. The molecule has 0 aliphatic heterocycles. The number of hydrogen-bond acceptors (Lipinski definition) is 7. The Labute approximate surface area is 185 Å². The summed E-state index contributed by atoms with van der Waals surface area (Å²) in [4.78, 5) is 24.3. The Hall–Kier alpha value is -4.08. The normalized spacial score (nSPS) is 11.1. The number of carbonyl (C=O) groups excluding carboxylic acids is 1. The number of rotatable bonds is 7. The van der Waals surface area contributed by atoms with Gasteiger partial charge in [0.1, 0.15) is 11.4 Å². The SMILES string of the molecule is CNC(=O)c1ccc(Nc2nc(OC(C)C)c3c(-c4ccn(C)n4)c[nH]c3n2)c(OC)c1. The number of hydrogen-bond donors (Lipinski definition) is 3. The average Bonchev–Trinajstić information content (AvgIpc) is 3.39. The van der Waals surface area contributed by atoms with Gasteiger partial charge in [-0.05, 0) is 38.1 Å². The number of nitrogens with one attached hydrogen (secondary N) is 3. The van der Waals surface area contributed by atoms with Crippen molar-refractivity contribution in [3.8, 4) is 22.9 Å². The van der Waals surface area contributed by atoms with E-state index in [-0.39, 0.29) is 12.0 Å². The maximum atomic E-state index is 11.9. The van der Waals surface area contributed by atoms with Crippen LogP contribution in [0.15, 0.2) is 36.7 Å². The lowest BCUT2D eigenvalue weighted by Gasteiger charge is -2.14. The molecule has 0 saturated carbocycles. The topological polar surface area (TPSA) is 119 Å². The van der Waals surface area contributed by atoms with Gasteiger partial charge in [0.25, 0.3) is 5.91 Å². The summed E-state index contributed by atoms with van der Waals surface area (Å²) in [5, 5.41) is 11.0. The van der Waals surface area contributed by atoms with Gasteiger partial charge in [-0.1, -0.05) is 0 Å². The molecule has 0 aliphatic carbocycles. The van der Waals surface area contributed by atoms with Crippen molar-refractivity contribution in [2.45, 2.75) is 20.0 Å². The van der Waals surface area contributed by atoms with Crippen LogP contribution in [0.1, 0.15) is 24.2 Å². The Morgan fingerprint density at radius 2 is 2.03 bits per heavy atom. The van der Waals surface area contributed by atoms with Crippen molar-refractivity contribution in [1.29, 1.82) is 0 Å². The number of methoxy groups -OCH3 is 1. The second-order valence-electron chi connectivity index (χ2n) is 7.44. The quantitative estimate of drug-likeness (QED) is 0.408. The molecule has 3 aromatic heterocycles. The first kappa shape index (κ1) is 21.2. The van der Waals surface area contributed by atoms with E-state index in [4.69, 9.17) is 9.47 Å². The van der Waals surface area contributed by atoms with Crippen LogP contribution in [0.3, 0.4) is 0 Å². The lowest BCUT2D eigenvalue weighted by molar-refractivity contribution is 0.0962. The highest BCUT2D eigenvalue weighted by molar-refractivity contribution is 5.97. The molecule has 4 aromatic rings. The van der Waals surface area contributed by atoms with Gasteiger partial charge in [-0.25, -0.2) is 0 Å². The van der Waals surface area contributed by atoms with Crippen LogP contribution in [0.4, 0.5) is 11.6 Å². The molecule has 3 heterocycles. The van der Waals surface area contributed by atoms with Gasteiger partial charge in [-0.15, -0.1) is 0 Å². The Morgan fingerprint density at radius 3 is 2.69 bits per heavy atom. The number of aryl methyl sites for hydroxylation is 1. The molecule has 0 bridgehead atoms. The van der Waals surface area contributed by atoms with Crippen molar-refractivity contribution in [2.24, 2.45) is 7.05 Å². The van der Waals surface area contributed by atoms with Crippen molar-refractivity contribution in [3.05, 3.63) is 42.2 Å². The molecule has 1 amide bonds. The van der Waals surface area contributed by atoms with Crippen LogP contribution >= 0.6 is 0 Å². The zero-order valence-corrected chi connectivity index (χ0v) is 18.6. The molecule has 0 aliphatic rings. The van der Waals surface area contributed by atoms with Crippen LogP contribution in [0.25, 0.3) is 22.3 Å². The zero-order chi connectivity index (χ0) is 22.8. The summed E-state index contributed by atoms with van der Waals surface area (Å²) in [6, 6.07) is 7.02. The molecule has 3 N–H and O–H groups in total. The van der Waals surface area contributed by atoms with Gasteiger partial charge in [0.2, 0.25) is 11.8 Å². The fourth-order valence-corrected chi connectivity index (χ4v) is 3.33. The number of carbonyl (C=O) groups is 1. The van der Waals surface area contributed by atoms with Crippen molar-refractivity contribution < 1.29 is 14.3 Å². The molecule has 0 radical (unpaired) electrons. The van der Waals surface area contributed by atoms with Crippen molar-refractivity contribution in [3.63, 3.8) is 0 Å². The number of aromatic amines is 1. The van der Waals surface area contributed by atoms with Crippen LogP contribution < -0.4 is 20.1 Å². The van der Waals surface area contributed by atoms with E-state index < -0.39 is 0 Å². The van der Waals surface area contributed by atoms with Gasteiger partial charge in [0.15, 0.2) is 0 Å². The van der Waals surface area contributed by atoms with Crippen LogP contribution in [0, 0.1) is 0 Å². The Bertz CT molecular complexity index is 1280. The molecule has 0 spiro atoms. The maximum absolute atomic E-state index is 11.9. The van der Waals surface area contributed by atoms with E-state index >= 15 is 0 Å². The van der Waals surface area contributed by atoms with Gasteiger partial charge < -0.3 is 25.1 Å². The fourth-order valence-electron chi connectivity index (χ4n) is 3.33. The van der Waals surface area contributed by atoms with E-state index in [0.29, 0.717) is 34.5 Å². The van der Waals surface area contributed by atoms with E-state index in [2.05, 4.69) is 30.7 Å². The van der Waals surface area contributed by atoms with Gasteiger partial charge in [-0.2, -0.15) is 15.1 Å². The molecular weight excluding hydrogens is 410 g/mol. The molecule has 0 atom stereocenters. The van der Waals surface area contributed by atoms with E-state index in [1.807, 2.05) is 39.4 Å². The predicted molar refractivity (Wildman–Crippen MR) is 122 cm³/mol. The number of fused-ring (bicyclic) bond motifs is 1. The number of ether oxygens (including phenoxy) is 2. The van der Waals surface area contributed by atoms with Crippen LogP contribution in [-0.4, -0.2) is 50.9 Å². The van der Waals surface area contributed by atoms with Crippen LogP contribution in [0.5, 0.6) is 11.6 Å². The highest BCUT2D eigenvalue weighted by Gasteiger charge is 2.19. The van der Waals surface area contributed by atoms with Crippen molar-refractivity contribution in [2.75, 3.05) is 19.5 Å². The largest absolute Gasteiger partial charge is 0.495 e. The summed E-state index contributed by atoms with van der Waals surface area (Å²) in [5.74, 6) is 1.05. The average molecular weight is 435 g/mol. The lowest BCUT2D eigenvalue weighted by atomic mass is 10.1. The lowest BCUT2D eigenvalue weighted by Crippen LogP contribution is -2.17. The molecule has 0 unspecified atom stereocenters. The second kappa shape index (κ2) is 8.58. The highest BCUT2D eigenvalue weighted by Crippen LogP contribution is 2.35. The van der Waals surface area contributed by atoms with Gasteiger partial charge in [-0.3, -0.25) is 9.48 Å². The summed E-state index contributed by atoms with van der Waals surface area (Å²) in [6.45, 7) is 3.88. The first-order chi connectivity index (χ1) is 15.4. The van der Waals surface area contributed by atoms with Gasteiger partial charge in [0.05, 0.1) is 30.0 Å². The highest BCUT2D eigenvalue weighted by atomic mass is 16.5. The molecule has 32 heavy (non-hydrogen) atoms. The summed E-state index contributed by atoms with van der Waals surface area (Å²) < 4.78 is 13.2. The summed E-state index contributed by atoms with van der Waals surface area (Å²) in [7, 11) is 4.98. The third-order valence-corrected chi connectivity index (χ3v) is 4.77. The monoisotopic (exact) mass is 435 g/mol. The van der Waals surface area contributed by atoms with E-state index in [1.54, 1.807) is 29.9 Å². The number of aromatic nitrogens is 5. The van der Waals surface area contributed by atoms with Crippen molar-refractivity contribution >= 4 is 28.6 Å². The van der Waals surface area contributed by atoms with E-state index in [1.165, 1.54) is 7.11 Å². The number of H-pyrrole nitrogens is 1. The molecular formula is C22H25N7O3. The molecule has 166 valence electrons. The smallest absolute Gasteiger partial charge is 0.251 e. The standard InChI is InChI=1S/C22H25N7O3/c1-12(2)32-21-18-14(15-8-9-29(4)28-15)11-24-19(18)26-22(27-21)25-16-7-6-13(20(30)23-3)10-17(16)31-5/h6-12H,1-5H3,(H,23,30)(H2,24,25,26,27). The molecule has 10 nitrogen and oxygen atoms in total. The van der Waals surface area contributed by atoms with Crippen LogP contribution in [0.2, 0.25) is 0 Å². The summed E-state index contributed by atoms with van der Waals surface area (Å²) in [6.07, 6.45) is 3.63. The molecule has 4 rings (SSSR count). The minimum absolute atomic E-state index is 0.0891. The number of amides is 1. The third-order valence-electron chi connectivity index (χ3n) is 4.77. The fraction of sp³-hybridized carbons (Fsp3) is 0.273. The van der Waals surface area contributed by atoms with Crippen LogP contribution in [-0.2, 0) is 7.05 Å². The van der Waals surface area contributed by atoms with Gasteiger partial charge >= 0.3 is 0 Å².